The van der Waals surface area contributed by atoms with Gasteiger partial charge in [-0.2, -0.15) is 0 Å². The number of carbonyl (C=O) groups excluding carboxylic acids is 2. The molecule has 2 N–H and O–H groups in total. The molecule has 1 saturated heterocycles. The smallest absolute Gasteiger partial charge is 0.309 e. The van der Waals surface area contributed by atoms with Gasteiger partial charge in [0.2, 0.25) is 0 Å². The van der Waals surface area contributed by atoms with Crippen LogP contribution in [0.4, 0.5) is 5.69 Å². The number of anilines is 1. The number of hydrogen-bond donors (Lipinski definition) is 2. The minimum atomic E-state index is -0.594. The van der Waals surface area contributed by atoms with Crippen LogP contribution < -0.4 is 15.5 Å². The van der Waals surface area contributed by atoms with Crippen molar-refractivity contribution in [3.8, 4) is 0 Å². The van der Waals surface area contributed by atoms with Crippen molar-refractivity contribution in [3.63, 3.8) is 0 Å². The van der Waals surface area contributed by atoms with Crippen LogP contribution in [0.25, 0.3) is 0 Å². The Labute approximate surface area is 167 Å². The second-order valence-electron chi connectivity index (χ2n) is 8.64. The van der Waals surface area contributed by atoms with E-state index >= 15 is 0 Å². The van der Waals surface area contributed by atoms with Gasteiger partial charge in [0.05, 0.1) is 19.3 Å². The summed E-state index contributed by atoms with van der Waals surface area (Å²) < 4.78 is 5.49. The number of likely N-dealkylation sites (N-methyl/N-ethyl adjacent to an activating group) is 1. The fourth-order valence-corrected chi connectivity index (χ4v) is 3.81. The zero-order valence-corrected chi connectivity index (χ0v) is 17.4. The first kappa shape index (κ1) is 20.6. The number of fused-ring (bicyclic) bond motifs is 1. The van der Waals surface area contributed by atoms with Gasteiger partial charge in [-0.25, -0.2) is 0 Å². The largest absolute Gasteiger partial charge is 0.379 e. The first-order valence-electron chi connectivity index (χ1n) is 10.0. The van der Waals surface area contributed by atoms with Crippen LogP contribution >= 0.6 is 0 Å². The van der Waals surface area contributed by atoms with Crippen LogP contribution in [0.15, 0.2) is 18.2 Å². The van der Waals surface area contributed by atoms with Crippen molar-refractivity contribution in [3.05, 3.63) is 29.3 Å². The van der Waals surface area contributed by atoms with Gasteiger partial charge in [-0.1, -0.05) is 12.1 Å². The zero-order valence-electron chi connectivity index (χ0n) is 17.4. The van der Waals surface area contributed by atoms with Crippen molar-refractivity contribution >= 4 is 17.5 Å². The molecule has 1 aromatic rings. The van der Waals surface area contributed by atoms with Gasteiger partial charge in [-0.05, 0) is 44.4 Å². The van der Waals surface area contributed by atoms with Crippen LogP contribution in [0.1, 0.15) is 37.9 Å². The number of benzene rings is 1. The van der Waals surface area contributed by atoms with Crippen LogP contribution in [0, 0.1) is 0 Å². The average molecular weight is 389 g/mol. The molecular formula is C21H32N4O3. The molecule has 2 amide bonds. The molecule has 1 aromatic carbocycles. The molecule has 7 nitrogen and oxygen atoms in total. The van der Waals surface area contributed by atoms with Gasteiger partial charge in [0, 0.05) is 44.5 Å². The molecule has 2 heterocycles. The minimum Gasteiger partial charge on any atom is -0.379 e. The van der Waals surface area contributed by atoms with Gasteiger partial charge in [-0.15, -0.1) is 0 Å². The Morgan fingerprint density at radius 3 is 2.54 bits per heavy atom. The van der Waals surface area contributed by atoms with E-state index in [1.54, 1.807) is 0 Å². The lowest BCUT2D eigenvalue weighted by atomic mass is 10.0. The average Bonchev–Trinajstić information content (AvgIpc) is 3.02. The molecule has 0 saturated carbocycles. The highest BCUT2D eigenvalue weighted by molar-refractivity contribution is 6.35. The minimum absolute atomic E-state index is 0.0199. The van der Waals surface area contributed by atoms with Crippen LogP contribution in [0.3, 0.4) is 0 Å². The van der Waals surface area contributed by atoms with Crippen LogP contribution in [0.5, 0.6) is 0 Å². The van der Waals surface area contributed by atoms with E-state index in [2.05, 4.69) is 45.7 Å². The summed E-state index contributed by atoms with van der Waals surface area (Å²) in [7, 11) is 2.11. The molecule has 3 rings (SSSR count). The molecule has 0 bridgehead atoms. The first-order valence-corrected chi connectivity index (χ1v) is 10.0. The maximum absolute atomic E-state index is 12.3. The topological polar surface area (TPSA) is 73.9 Å². The number of carbonyl (C=O) groups is 2. The lowest BCUT2D eigenvalue weighted by Gasteiger charge is -2.35. The normalized spacial score (nSPS) is 18.5. The fraction of sp³-hybridized carbons (Fsp3) is 0.619. The molecule has 1 fully saturated rings. The zero-order chi connectivity index (χ0) is 20.3. The van der Waals surface area contributed by atoms with E-state index in [-0.39, 0.29) is 6.04 Å². The van der Waals surface area contributed by atoms with Gasteiger partial charge in [0.15, 0.2) is 0 Å². The molecule has 2 aliphatic heterocycles. The number of rotatable bonds is 4. The van der Waals surface area contributed by atoms with Crippen molar-refractivity contribution in [2.24, 2.45) is 0 Å². The van der Waals surface area contributed by atoms with Gasteiger partial charge in [0.1, 0.15) is 0 Å². The third kappa shape index (κ3) is 5.02. The van der Waals surface area contributed by atoms with E-state index in [0.717, 1.165) is 26.1 Å². The standard InChI is InChI=1S/C21H32N4O3/c1-21(2,3)23-20(27)19(26)22-14-18(25-9-11-28-12-10-25)15-5-6-17-16(13-15)7-8-24(17)4/h5-6,13,18H,7-12,14H2,1-4H3,(H,22,26)(H,23,27). The van der Waals surface area contributed by atoms with Gasteiger partial charge >= 0.3 is 11.8 Å². The van der Waals surface area contributed by atoms with Crippen molar-refractivity contribution in [1.82, 2.24) is 15.5 Å². The van der Waals surface area contributed by atoms with Gasteiger partial charge < -0.3 is 20.3 Å². The van der Waals surface area contributed by atoms with Crippen LogP contribution in [-0.2, 0) is 20.7 Å². The van der Waals surface area contributed by atoms with E-state index in [1.807, 2.05) is 20.8 Å². The second-order valence-corrected chi connectivity index (χ2v) is 8.64. The molecular weight excluding hydrogens is 356 g/mol. The molecule has 0 aromatic heterocycles. The maximum atomic E-state index is 12.3. The summed E-state index contributed by atoms with van der Waals surface area (Å²) in [5.74, 6) is -1.18. The molecule has 28 heavy (non-hydrogen) atoms. The summed E-state index contributed by atoms with van der Waals surface area (Å²) in [6.45, 7) is 9.99. The second kappa shape index (κ2) is 8.49. The molecule has 1 atom stereocenters. The maximum Gasteiger partial charge on any atom is 0.309 e. The number of hydrogen-bond acceptors (Lipinski definition) is 5. The molecule has 0 aliphatic carbocycles. The lowest BCUT2D eigenvalue weighted by molar-refractivity contribution is -0.140. The predicted molar refractivity (Wildman–Crippen MR) is 109 cm³/mol. The Morgan fingerprint density at radius 2 is 1.86 bits per heavy atom. The number of nitrogens with one attached hydrogen (secondary N) is 2. The Balaban J connectivity index is 1.73. The highest BCUT2D eigenvalue weighted by Crippen LogP contribution is 2.31. The van der Waals surface area contributed by atoms with Gasteiger partial charge in [-0.3, -0.25) is 14.5 Å². The predicted octanol–water partition coefficient (Wildman–Crippen LogP) is 1.08. The van der Waals surface area contributed by atoms with Crippen LogP contribution in [-0.4, -0.2) is 68.7 Å². The number of nitrogens with zero attached hydrogens (tertiary/aromatic N) is 2. The highest BCUT2D eigenvalue weighted by Gasteiger charge is 2.27. The Morgan fingerprint density at radius 1 is 1.14 bits per heavy atom. The molecule has 0 spiro atoms. The molecule has 2 aliphatic rings. The van der Waals surface area contributed by atoms with E-state index in [4.69, 9.17) is 4.74 Å². The van der Waals surface area contributed by atoms with Crippen LogP contribution in [0.2, 0.25) is 0 Å². The molecule has 154 valence electrons. The first-order chi connectivity index (χ1) is 13.2. The van der Waals surface area contributed by atoms with E-state index in [9.17, 15) is 9.59 Å². The summed E-state index contributed by atoms with van der Waals surface area (Å²) in [6.07, 6.45) is 1.04. The SMILES string of the molecule is CN1CCc2cc(C(CNC(=O)C(=O)NC(C)(C)C)N3CCOCC3)ccc21. The third-order valence-corrected chi connectivity index (χ3v) is 5.25. The number of morpholine rings is 1. The monoisotopic (exact) mass is 388 g/mol. The van der Waals surface area contributed by atoms with Crippen molar-refractivity contribution in [2.45, 2.75) is 38.8 Å². The third-order valence-electron chi connectivity index (χ3n) is 5.25. The highest BCUT2D eigenvalue weighted by atomic mass is 16.5. The molecule has 7 heteroatoms. The molecule has 0 radical (unpaired) electrons. The quantitative estimate of drug-likeness (QED) is 0.756. The van der Waals surface area contributed by atoms with Crippen molar-refractivity contribution in [2.75, 3.05) is 51.3 Å². The Hall–Kier alpha value is -2.12. The van der Waals surface area contributed by atoms with E-state index < -0.39 is 17.4 Å². The number of amides is 2. The summed E-state index contributed by atoms with van der Waals surface area (Å²) in [5, 5.41) is 5.54. The summed E-state index contributed by atoms with van der Waals surface area (Å²) in [6, 6.07) is 6.58. The van der Waals surface area contributed by atoms with E-state index in [1.165, 1.54) is 16.8 Å². The van der Waals surface area contributed by atoms with E-state index in [0.29, 0.717) is 19.8 Å². The Bertz CT molecular complexity index is 723. The summed E-state index contributed by atoms with van der Waals surface area (Å²) >= 11 is 0. The van der Waals surface area contributed by atoms with Crippen molar-refractivity contribution < 1.29 is 14.3 Å². The van der Waals surface area contributed by atoms with Crippen molar-refractivity contribution in [1.29, 1.82) is 0 Å². The lowest BCUT2D eigenvalue weighted by Crippen LogP contribution is -2.50. The fourth-order valence-electron chi connectivity index (χ4n) is 3.81. The number of ether oxygens (including phenoxy) is 1. The summed E-state index contributed by atoms with van der Waals surface area (Å²) in [5.41, 5.74) is 3.35. The summed E-state index contributed by atoms with van der Waals surface area (Å²) in [4.78, 5) is 29.0. The molecule has 1 unspecified atom stereocenters. The Kier molecular flexibility index (Phi) is 6.25. The van der Waals surface area contributed by atoms with Gasteiger partial charge in [0.25, 0.3) is 0 Å².